The molecule has 29 heavy (non-hydrogen) atoms. The zero-order valence-electron chi connectivity index (χ0n) is 15.3. The molecule has 1 aliphatic heterocycles. The largest absolute Gasteiger partial charge is 0.461 e. The second kappa shape index (κ2) is 8.23. The van der Waals surface area contributed by atoms with Crippen LogP contribution in [-0.4, -0.2) is 24.1 Å². The van der Waals surface area contributed by atoms with Gasteiger partial charge in [0.1, 0.15) is 0 Å². The fourth-order valence-electron chi connectivity index (χ4n) is 3.20. The Morgan fingerprint density at radius 2 is 1.97 bits per heavy atom. The van der Waals surface area contributed by atoms with E-state index in [9.17, 15) is 14.4 Å². The molecular formula is C21H17ClN2O4S. The van der Waals surface area contributed by atoms with E-state index in [2.05, 4.69) is 5.32 Å². The molecule has 0 saturated carbocycles. The third-order valence-electron chi connectivity index (χ3n) is 4.70. The van der Waals surface area contributed by atoms with Gasteiger partial charge in [0.05, 0.1) is 23.6 Å². The lowest BCUT2D eigenvalue weighted by Crippen LogP contribution is -2.32. The molecule has 6 nitrogen and oxygen atoms in total. The lowest BCUT2D eigenvalue weighted by molar-refractivity contribution is -0.126. The van der Waals surface area contributed by atoms with Crippen LogP contribution in [0, 0.1) is 5.92 Å². The number of rotatable bonds is 6. The van der Waals surface area contributed by atoms with Crippen LogP contribution in [0.25, 0.3) is 0 Å². The van der Waals surface area contributed by atoms with Crippen molar-refractivity contribution in [2.45, 2.75) is 13.0 Å². The summed E-state index contributed by atoms with van der Waals surface area (Å²) in [6.07, 6.45) is 1.62. The molecule has 0 aliphatic carbocycles. The van der Waals surface area contributed by atoms with Crippen molar-refractivity contribution >= 4 is 46.2 Å². The van der Waals surface area contributed by atoms with Crippen LogP contribution in [0.15, 0.2) is 59.2 Å². The highest BCUT2D eigenvalue weighted by Crippen LogP contribution is 2.27. The minimum atomic E-state index is -0.414. The van der Waals surface area contributed by atoms with Crippen molar-refractivity contribution in [3.8, 4) is 0 Å². The van der Waals surface area contributed by atoms with Crippen LogP contribution in [0.3, 0.4) is 0 Å². The number of nitrogens with zero attached hydrogens (tertiary/aromatic N) is 1. The molecule has 0 bridgehead atoms. The van der Waals surface area contributed by atoms with Crippen LogP contribution in [0.4, 0.5) is 5.69 Å². The first-order valence-corrected chi connectivity index (χ1v) is 10.2. The summed E-state index contributed by atoms with van der Waals surface area (Å²) >= 11 is 7.20. The summed E-state index contributed by atoms with van der Waals surface area (Å²) in [4.78, 5) is 40.1. The molecule has 0 spiro atoms. The molecule has 148 valence electrons. The molecular weight excluding hydrogens is 412 g/mol. The maximum atomic E-state index is 12.5. The minimum absolute atomic E-state index is 0.0880. The topological polar surface area (TPSA) is 79.6 Å². The van der Waals surface area contributed by atoms with Crippen molar-refractivity contribution in [3.63, 3.8) is 0 Å². The number of carbonyl (C=O) groups is 3. The molecule has 1 unspecified atom stereocenters. The van der Waals surface area contributed by atoms with E-state index in [1.807, 2.05) is 0 Å². The molecule has 4 rings (SSSR count). The molecule has 3 aromatic rings. The summed E-state index contributed by atoms with van der Waals surface area (Å²) in [7, 11) is 0. The number of amides is 2. The van der Waals surface area contributed by atoms with Gasteiger partial charge in [-0.3, -0.25) is 14.4 Å². The molecule has 2 amide bonds. The summed E-state index contributed by atoms with van der Waals surface area (Å²) in [5.41, 5.74) is 0.731. The average molecular weight is 429 g/mol. The van der Waals surface area contributed by atoms with Gasteiger partial charge in [-0.25, -0.2) is 0 Å². The number of thiophene rings is 1. The summed E-state index contributed by atoms with van der Waals surface area (Å²) in [5, 5.41) is 3.46. The van der Waals surface area contributed by atoms with Gasteiger partial charge in [0.15, 0.2) is 5.76 Å². The normalized spacial score (nSPS) is 16.2. The molecule has 1 aromatic carbocycles. The van der Waals surface area contributed by atoms with Crippen molar-refractivity contribution < 1.29 is 18.8 Å². The van der Waals surface area contributed by atoms with Crippen molar-refractivity contribution in [2.24, 2.45) is 5.92 Å². The van der Waals surface area contributed by atoms with Crippen LogP contribution in [0.1, 0.15) is 26.7 Å². The van der Waals surface area contributed by atoms with E-state index in [-0.39, 0.29) is 29.8 Å². The van der Waals surface area contributed by atoms with Crippen molar-refractivity contribution in [1.82, 2.24) is 5.32 Å². The number of halogens is 1. The SMILES string of the molecule is O=C(c1ccco1)c1ccc(CNC(=O)C2CC(=O)N(c3ccc(Cl)cc3)C2)s1. The highest BCUT2D eigenvalue weighted by Gasteiger charge is 2.35. The van der Waals surface area contributed by atoms with Crippen LogP contribution in [-0.2, 0) is 16.1 Å². The summed E-state index contributed by atoms with van der Waals surface area (Å²) in [6, 6.07) is 13.8. The number of carbonyl (C=O) groups excluding carboxylic acids is 3. The van der Waals surface area contributed by atoms with Crippen LogP contribution in [0.2, 0.25) is 5.02 Å². The maximum absolute atomic E-state index is 12.5. The third-order valence-corrected chi connectivity index (χ3v) is 6.04. The molecule has 2 aromatic heterocycles. The monoisotopic (exact) mass is 428 g/mol. The van der Waals surface area contributed by atoms with E-state index in [0.717, 1.165) is 10.6 Å². The molecule has 1 aliphatic rings. The van der Waals surface area contributed by atoms with Crippen molar-refractivity contribution in [3.05, 3.63) is 75.3 Å². The Balaban J connectivity index is 1.34. The van der Waals surface area contributed by atoms with Crippen LogP contribution >= 0.6 is 22.9 Å². The molecule has 8 heteroatoms. The lowest BCUT2D eigenvalue weighted by atomic mass is 10.1. The number of ketones is 1. The number of hydrogen-bond donors (Lipinski definition) is 1. The zero-order valence-corrected chi connectivity index (χ0v) is 16.8. The Bertz CT molecular complexity index is 1040. The molecule has 3 heterocycles. The van der Waals surface area contributed by atoms with Crippen LogP contribution < -0.4 is 10.2 Å². The highest BCUT2D eigenvalue weighted by atomic mass is 35.5. The Hall–Kier alpha value is -2.90. The first-order valence-electron chi connectivity index (χ1n) is 9.02. The van der Waals surface area contributed by atoms with E-state index in [4.69, 9.17) is 16.0 Å². The first kappa shape index (κ1) is 19.4. The summed E-state index contributed by atoms with van der Waals surface area (Å²) in [6.45, 7) is 0.638. The Morgan fingerprint density at radius 3 is 2.69 bits per heavy atom. The van der Waals surface area contributed by atoms with E-state index < -0.39 is 5.92 Å². The Labute approximate surface area is 176 Å². The first-order chi connectivity index (χ1) is 14.0. The van der Waals surface area contributed by atoms with Crippen molar-refractivity contribution in [1.29, 1.82) is 0 Å². The number of hydrogen-bond acceptors (Lipinski definition) is 5. The number of furan rings is 1. The number of benzene rings is 1. The van der Waals surface area contributed by atoms with E-state index in [0.29, 0.717) is 23.0 Å². The Kier molecular flexibility index (Phi) is 5.51. The highest BCUT2D eigenvalue weighted by molar-refractivity contribution is 7.14. The van der Waals surface area contributed by atoms with Gasteiger partial charge in [0.25, 0.3) is 0 Å². The summed E-state index contributed by atoms with van der Waals surface area (Å²) in [5.74, 6) is -0.578. The van der Waals surface area contributed by atoms with Gasteiger partial charge < -0.3 is 14.6 Å². The third kappa shape index (κ3) is 4.26. The number of nitrogens with one attached hydrogen (secondary N) is 1. The average Bonchev–Trinajstić information content (AvgIpc) is 3.47. The van der Waals surface area contributed by atoms with Crippen LogP contribution in [0.5, 0.6) is 0 Å². The van der Waals surface area contributed by atoms with E-state index in [1.165, 1.54) is 17.6 Å². The second-order valence-electron chi connectivity index (χ2n) is 6.67. The summed E-state index contributed by atoms with van der Waals surface area (Å²) < 4.78 is 5.13. The maximum Gasteiger partial charge on any atom is 0.238 e. The smallest absolute Gasteiger partial charge is 0.238 e. The molecule has 1 atom stereocenters. The van der Waals surface area contributed by atoms with Gasteiger partial charge in [0.2, 0.25) is 17.6 Å². The van der Waals surface area contributed by atoms with E-state index in [1.54, 1.807) is 53.4 Å². The van der Waals surface area contributed by atoms with Gasteiger partial charge in [-0.15, -0.1) is 11.3 Å². The van der Waals surface area contributed by atoms with Gasteiger partial charge in [-0.1, -0.05) is 11.6 Å². The number of anilines is 1. The predicted molar refractivity (Wildman–Crippen MR) is 110 cm³/mol. The second-order valence-corrected chi connectivity index (χ2v) is 8.28. The van der Waals surface area contributed by atoms with Gasteiger partial charge in [-0.05, 0) is 48.5 Å². The molecule has 1 saturated heterocycles. The van der Waals surface area contributed by atoms with Gasteiger partial charge in [-0.2, -0.15) is 0 Å². The predicted octanol–water partition coefficient (Wildman–Crippen LogP) is 3.89. The molecule has 1 N–H and O–H groups in total. The quantitative estimate of drug-likeness (QED) is 0.604. The van der Waals surface area contributed by atoms with E-state index >= 15 is 0 Å². The minimum Gasteiger partial charge on any atom is -0.461 e. The Morgan fingerprint density at radius 1 is 1.17 bits per heavy atom. The molecule has 1 fully saturated rings. The zero-order chi connectivity index (χ0) is 20.4. The fourth-order valence-corrected chi connectivity index (χ4v) is 4.21. The fraction of sp³-hybridized carbons (Fsp3) is 0.190. The lowest BCUT2D eigenvalue weighted by Gasteiger charge is -2.16. The van der Waals surface area contributed by atoms with Gasteiger partial charge >= 0.3 is 0 Å². The van der Waals surface area contributed by atoms with Crippen molar-refractivity contribution in [2.75, 3.05) is 11.4 Å². The van der Waals surface area contributed by atoms with Gasteiger partial charge in [0, 0.05) is 28.6 Å². The molecule has 0 radical (unpaired) electrons. The standard InChI is InChI=1S/C21H17ClN2O4S/c22-14-3-5-15(6-4-14)24-12-13(10-19(24)25)21(27)23-11-16-7-8-18(29-16)20(26)17-2-1-9-28-17/h1-9,13H,10-12H2,(H,23,27).